The summed E-state index contributed by atoms with van der Waals surface area (Å²) in [4.78, 5) is 10.8. The molecular formula is C13H20O3. The van der Waals surface area contributed by atoms with E-state index in [4.69, 9.17) is 4.74 Å². The van der Waals surface area contributed by atoms with Crippen LogP contribution in [0.2, 0.25) is 0 Å². The third-order valence-corrected chi connectivity index (χ3v) is 1.81. The van der Waals surface area contributed by atoms with Crippen molar-refractivity contribution < 1.29 is 14.3 Å². The zero-order valence-electron chi connectivity index (χ0n) is 10.6. The summed E-state index contributed by atoms with van der Waals surface area (Å²) in [5.74, 6) is -0.291. The van der Waals surface area contributed by atoms with Crippen LogP contribution in [-0.2, 0) is 9.47 Å². The largest absolute Gasteiger partial charge is 0.465 e. The van der Waals surface area contributed by atoms with Gasteiger partial charge in [-0.25, -0.2) is 4.79 Å². The molecule has 0 heterocycles. The van der Waals surface area contributed by atoms with Gasteiger partial charge in [-0.3, -0.25) is 0 Å². The predicted molar refractivity (Wildman–Crippen MR) is 64.5 cm³/mol. The highest BCUT2D eigenvalue weighted by Crippen LogP contribution is 2.02. The van der Waals surface area contributed by atoms with E-state index < -0.39 is 0 Å². The van der Waals surface area contributed by atoms with Gasteiger partial charge in [-0.05, 0) is 32.9 Å². The lowest BCUT2D eigenvalue weighted by Gasteiger charge is -2.14. The van der Waals surface area contributed by atoms with Crippen molar-refractivity contribution in [2.45, 2.75) is 26.4 Å². The van der Waals surface area contributed by atoms with Crippen molar-refractivity contribution in [2.75, 3.05) is 14.2 Å². The maximum atomic E-state index is 10.8. The second-order valence-electron chi connectivity index (χ2n) is 4.17. The van der Waals surface area contributed by atoms with Gasteiger partial charge in [0.2, 0.25) is 0 Å². The Labute approximate surface area is 97.4 Å². The Morgan fingerprint density at radius 2 is 1.50 bits per heavy atom. The van der Waals surface area contributed by atoms with Crippen molar-refractivity contribution >= 4 is 5.97 Å². The fourth-order valence-corrected chi connectivity index (χ4v) is 0.692. The van der Waals surface area contributed by atoms with Gasteiger partial charge in [0.1, 0.15) is 0 Å². The second-order valence-corrected chi connectivity index (χ2v) is 4.17. The van der Waals surface area contributed by atoms with Crippen LogP contribution < -0.4 is 0 Å². The molecule has 0 amide bonds. The van der Waals surface area contributed by atoms with Gasteiger partial charge >= 0.3 is 5.97 Å². The first-order valence-corrected chi connectivity index (χ1v) is 5.09. The van der Waals surface area contributed by atoms with Gasteiger partial charge in [0.15, 0.2) is 0 Å². The molecule has 0 spiro atoms. The summed E-state index contributed by atoms with van der Waals surface area (Å²) in [5, 5.41) is 0. The molecule has 0 unspecified atom stereocenters. The highest BCUT2D eigenvalue weighted by atomic mass is 16.5. The first kappa shape index (κ1) is 14.6. The SMILES string of the molecule is COC(=O)c1ccccc1.COC(C)(C)C. The molecule has 0 aliphatic carbocycles. The van der Waals surface area contributed by atoms with Gasteiger partial charge in [0, 0.05) is 7.11 Å². The van der Waals surface area contributed by atoms with Crippen LogP contribution in [0.4, 0.5) is 0 Å². The smallest absolute Gasteiger partial charge is 0.337 e. The van der Waals surface area contributed by atoms with Gasteiger partial charge in [-0.15, -0.1) is 0 Å². The van der Waals surface area contributed by atoms with Crippen LogP contribution in [0.3, 0.4) is 0 Å². The Kier molecular flexibility index (Phi) is 6.42. The number of ether oxygens (including phenoxy) is 2. The van der Waals surface area contributed by atoms with Crippen LogP contribution in [0.25, 0.3) is 0 Å². The zero-order chi connectivity index (χ0) is 12.6. The van der Waals surface area contributed by atoms with Crippen molar-refractivity contribution in [3.05, 3.63) is 35.9 Å². The standard InChI is InChI=1S/C8H8O2.C5H12O/c1-10-8(9)7-5-3-2-4-6-7;1-5(2,3)6-4/h2-6H,1H3;1-4H3. The number of hydrogen-bond acceptors (Lipinski definition) is 3. The van der Waals surface area contributed by atoms with Crippen molar-refractivity contribution in [1.29, 1.82) is 0 Å². The molecule has 0 atom stereocenters. The average Bonchev–Trinajstić information content (AvgIpc) is 2.29. The van der Waals surface area contributed by atoms with E-state index in [9.17, 15) is 4.79 Å². The third kappa shape index (κ3) is 7.01. The molecule has 0 aliphatic heterocycles. The fourth-order valence-electron chi connectivity index (χ4n) is 0.692. The molecule has 0 aromatic heterocycles. The van der Waals surface area contributed by atoms with Crippen LogP contribution in [0, 0.1) is 0 Å². The topological polar surface area (TPSA) is 35.5 Å². The maximum absolute atomic E-state index is 10.8. The van der Waals surface area contributed by atoms with E-state index in [-0.39, 0.29) is 11.6 Å². The minimum absolute atomic E-state index is 0.0417. The highest BCUT2D eigenvalue weighted by molar-refractivity contribution is 5.89. The van der Waals surface area contributed by atoms with E-state index in [0.717, 1.165) is 0 Å². The van der Waals surface area contributed by atoms with Gasteiger partial charge in [0.25, 0.3) is 0 Å². The molecule has 0 aliphatic rings. The van der Waals surface area contributed by atoms with Gasteiger partial charge in [0.05, 0.1) is 18.3 Å². The molecule has 1 aromatic rings. The second kappa shape index (κ2) is 7.01. The number of benzene rings is 1. The Balaban J connectivity index is 0.000000325. The normalized spacial score (nSPS) is 10.1. The van der Waals surface area contributed by atoms with Crippen LogP contribution in [-0.4, -0.2) is 25.8 Å². The number of carbonyl (C=O) groups is 1. The molecule has 0 bridgehead atoms. The lowest BCUT2D eigenvalue weighted by atomic mass is 10.2. The van der Waals surface area contributed by atoms with Crippen LogP contribution in [0.15, 0.2) is 30.3 Å². The molecule has 1 aromatic carbocycles. The Bertz CT molecular complexity index is 299. The molecule has 0 radical (unpaired) electrons. The number of esters is 1. The number of methoxy groups -OCH3 is 2. The third-order valence-electron chi connectivity index (χ3n) is 1.81. The molecule has 0 saturated heterocycles. The molecule has 1 rings (SSSR count). The Morgan fingerprint density at radius 3 is 1.81 bits per heavy atom. The number of carbonyl (C=O) groups excluding carboxylic acids is 1. The zero-order valence-corrected chi connectivity index (χ0v) is 10.6. The average molecular weight is 224 g/mol. The molecule has 0 saturated carbocycles. The van der Waals surface area contributed by atoms with E-state index in [2.05, 4.69) is 4.74 Å². The predicted octanol–water partition coefficient (Wildman–Crippen LogP) is 2.90. The molecule has 90 valence electrons. The summed E-state index contributed by atoms with van der Waals surface area (Å²) in [6.07, 6.45) is 0. The molecule has 3 heteroatoms. The van der Waals surface area contributed by atoms with Gasteiger partial charge in [-0.2, -0.15) is 0 Å². The van der Waals surface area contributed by atoms with Crippen molar-refractivity contribution in [3.8, 4) is 0 Å². The fraction of sp³-hybridized carbons (Fsp3) is 0.462. The molecule has 3 nitrogen and oxygen atoms in total. The minimum Gasteiger partial charge on any atom is -0.465 e. The summed E-state index contributed by atoms with van der Waals surface area (Å²) in [6.45, 7) is 6.06. The number of hydrogen-bond donors (Lipinski definition) is 0. The van der Waals surface area contributed by atoms with E-state index in [1.165, 1.54) is 7.11 Å². The van der Waals surface area contributed by atoms with Gasteiger partial charge < -0.3 is 9.47 Å². The molecule has 16 heavy (non-hydrogen) atoms. The summed E-state index contributed by atoms with van der Waals surface area (Å²) in [7, 11) is 3.08. The maximum Gasteiger partial charge on any atom is 0.337 e. The van der Waals surface area contributed by atoms with E-state index in [1.54, 1.807) is 31.4 Å². The van der Waals surface area contributed by atoms with E-state index in [0.29, 0.717) is 5.56 Å². The summed E-state index contributed by atoms with van der Waals surface area (Å²) in [6, 6.07) is 8.88. The van der Waals surface area contributed by atoms with E-state index in [1.807, 2.05) is 26.8 Å². The summed E-state index contributed by atoms with van der Waals surface area (Å²) in [5.41, 5.74) is 0.630. The van der Waals surface area contributed by atoms with E-state index >= 15 is 0 Å². The molecule has 0 fully saturated rings. The van der Waals surface area contributed by atoms with Crippen LogP contribution in [0.5, 0.6) is 0 Å². The quantitative estimate of drug-likeness (QED) is 0.688. The van der Waals surface area contributed by atoms with Crippen molar-refractivity contribution in [2.24, 2.45) is 0 Å². The lowest BCUT2D eigenvalue weighted by molar-refractivity contribution is 0.0397. The first-order valence-electron chi connectivity index (χ1n) is 5.09. The van der Waals surface area contributed by atoms with Crippen LogP contribution in [0.1, 0.15) is 31.1 Å². The molecule has 0 N–H and O–H groups in total. The Morgan fingerprint density at radius 1 is 1.06 bits per heavy atom. The van der Waals surface area contributed by atoms with Crippen molar-refractivity contribution in [1.82, 2.24) is 0 Å². The molecular weight excluding hydrogens is 204 g/mol. The first-order chi connectivity index (χ1) is 7.40. The minimum atomic E-state index is -0.291. The number of rotatable bonds is 1. The van der Waals surface area contributed by atoms with Gasteiger partial charge in [-0.1, -0.05) is 18.2 Å². The Hall–Kier alpha value is -1.35. The summed E-state index contributed by atoms with van der Waals surface area (Å²) < 4.78 is 9.43. The lowest BCUT2D eigenvalue weighted by Crippen LogP contribution is -2.15. The van der Waals surface area contributed by atoms with Crippen molar-refractivity contribution in [3.63, 3.8) is 0 Å². The summed E-state index contributed by atoms with van der Waals surface area (Å²) >= 11 is 0. The van der Waals surface area contributed by atoms with Crippen LogP contribution >= 0.6 is 0 Å². The highest BCUT2D eigenvalue weighted by Gasteiger charge is 2.04. The monoisotopic (exact) mass is 224 g/mol.